The molecule has 1 saturated heterocycles. The monoisotopic (exact) mass is 163 g/mol. The van der Waals surface area contributed by atoms with Gasteiger partial charge in [0.1, 0.15) is 5.38 Å². The van der Waals surface area contributed by atoms with Gasteiger partial charge in [-0.1, -0.05) is 0 Å². The van der Waals surface area contributed by atoms with Crippen LogP contribution in [0, 0.1) is 0 Å². The number of ether oxygens (including phenoxy) is 1. The number of hydrogen-bond donors (Lipinski definition) is 1. The number of rotatable bonds is 1. The van der Waals surface area contributed by atoms with Crippen LogP contribution in [0.5, 0.6) is 0 Å². The number of alkyl halides is 1. The lowest BCUT2D eigenvalue weighted by Gasteiger charge is -2.29. The first-order chi connectivity index (χ1) is 4.66. The van der Waals surface area contributed by atoms with Crippen LogP contribution in [0.2, 0.25) is 0 Å². The average molecular weight is 164 g/mol. The number of nitrogens with one attached hydrogen (secondary N) is 1. The summed E-state index contributed by atoms with van der Waals surface area (Å²) in [6.45, 7) is 0. The second-order valence-corrected chi connectivity index (χ2v) is 2.38. The van der Waals surface area contributed by atoms with E-state index < -0.39 is 17.4 Å². The molecule has 1 aliphatic heterocycles. The van der Waals surface area contributed by atoms with Crippen molar-refractivity contribution in [3.05, 3.63) is 0 Å². The highest BCUT2D eigenvalue weighted by molar-refractivity contribution is 6.35. The number of carbonyl (C=O) groups is 2. The van der Waals surface area contributed by atoms with E-state index in [-0.39, 0.29) is 5.91 Å². The van der Waals surface area contributed by atoms with Crippen molar-refractivity contribution >= 4 is 23.5 Å². The van der Waals surface area contributed by atoms with Crippen molar-refractivity contribution in [2.75, 3.05) is 7.11 Å². The number of β-lactam (4-membered cyclic amide) rings is 1. The van der Waals surface area contributed by atoms with E-state index in [0.717, 1.165) is 0 Å². The molecule has 1 N–H and O–H groups in total. The molecule has 2 atom stereocenters. The van der Waals surface area contributed by atoms with Crippen molar-refractivity contribution in [1.29, 1.82) is 0 Å². The summed E-state index contributed by atoms with van der Waals surface area (Å²) in [5, 5.41) is 1.54. The first kappa shape index (κ1) is 7.34. The molecular formula is C5H6ClNO3. The van der Waals surface area contributed by atoms with E-state index >= 15 is 0 Å². The van der Waals surface area contributed by atoms with Gasteiger partial charge in [0.15, 0.2) is 6.04 Å². The summed E-state index contributed by atoms with van der Waals surface area (Å²) >= 11 is 5.43. The molecule has 0 aromatic heterocycles. The van der Waals surface area contributed by atoms with Gasteiger partial charge < -0.3 is 10.1 Å². The molecule has 1 amide bonds. The standard InChI is InChI=1S/C5H6ClNO3/c1-10-5(9)3-2(6)4(8)7-3/h2-3H,1H3,(H,7,8). The lowest BCUT2D eigenvalue weighted by molar-refractivity contribution is -0.150. The van der Waals surface area contributed by atoms with E-state index in [4.69, 9.17) is 11.6 Å². The fraction of sp³-hybridized carbons (Fsp3) is 0.600. The number of halogens is 1. The van der Waals surface area contributed by atoms with Crippen LogP contribution in [0.25, 0.3) is 0 Å². The Morgan fingerprint density at radius 2 is 2.40 bits per heavy atom. The number of esters is 1. The van der Waals surface area contributed by atoms with E-state index in [1.807, 2.05) is 0 Å². The summed E-state index contributed by atoms with van der Waals surface area (Å²) < 4.78 is 4.33. The van der Waals surface area contributed by atoms with Gasteiger partial charge in [0.05, 0.1) is 7.11 Å². The Kier molecular flexibility index (Phi) is 1.80. The van der Waals surface area contributed by atoms with Gasteiger partial charge in [-0.05, 0) is 0 Å². The summed E-state index contributed by atoms with van der Waals surface area (Å²) in [5.74, 6) is -0.823. The van der Waals surface area contributed by atoms with Crippen molar-refractivity contribution in [3.63, 3.8) is 0 Å². The Bertz CT molecular complexity index is 182. The van der Waals surface area contributed by atoms with Crippen LogP contribution in [0.3, 0.4) is 0 Å². The number of hydrogen-bond acceptors (Lipinski definition) is 3. The van der Waals surface area contributed by atoms with E-state index in [9.17, 15) is 9.59 Å². The van der Waals surface area contributed by atoms with Crippen molar-refractivity contribution in [1.82, 2.24) is 5.32 Å². The fourth-order valence-corrected chi connectivity index (χ4v) is 0.895. The van der Waals surface area contributed by atoms with Gasteiger partial charge in [0.2, 0.25) is 5.91 Å². The Hall–Kier alpha value is -0.770. The molecule has 2 unspecified atom stereocenters. The SMILES string of the molecule is COC(=O)C1NC(=O)C1Cl. The second kappa shape index (κ2) is 2.46. The molecule has 56 valence electrons. The molecule has 1 aliphatic rings. The van der Waals surface area contributed by atoms with E-state index in [1.165, 1.54) is 7.11 Å². The highest BCUT2D eigenvalue weighted by Crippen LogP contribution is 2.13. The average Bonchev–Trinajstić information content (AvgIpc) is 1.98. The maximum absolute atomic E-state index is 10.6. The molecular weight excluding hydrogens is 158 g/mol. The lowest BCUT2D eigenvalue weighted by atomic mass is 10.1. The van der Waals surface area contributed by atoms with Crippen molar-refractivity contribution < 1.29 is 14.3 Å². The topological polar surface area (TPSA) is 55.4 Å². The first-order valence-electron chi connectivity index (χ1n) is 2.69. The molecule has 0 saturated carbocycles. The third-order valence-corrected chi connectivity index (χ3v) is 1.75. The third kappa shape index (κ3) is 0.945. The van der Waals surface area contributed by atoms with E-state index in [2.05, 4.69) is 10.1 Å². The number of methoxy groups -OCH3 is 1. The summed E-state index contributed by atoms with van der Waals surface area (Å²) in [6, 6.07) is -0.654. The molecule has 0 spiro atoms. The minimum atomic E-state index is -0.757. The van der Waals surface area contributed by atoms with Crippen LogP contribution in [-0.4, -0.2) is 30.4 Å². The zero-order valence-corrected chi connectivity index (χ0v) is 6.01. The predicted molar refractivity (Wildman–Crippen MR) is 33.6 cm³/mol. The van der Waals surface area contributed by atoms with Crippen LogP contribution in [0.15, 0.2) is 0 Å². The molecule has 4 nitrogen and oxygen atoms in total. The molecule has 1 rings (SSSR count). The number of carbonyl (C=O) groups excluding carboxylic acids is 2. The molecule has 10 heavy (non-hydrogen) atoms. The van der Waals surface area contributed by atoms with Gasteiger partial charge in [-0.3, -0.25) is 4.79 Å². The van der Waals surface area contributed by atoms with Gasteiger partial charge in [-0.15, -0.1) is 11.6 Å². The van der Waals surface area contributed by atoms with Gasteiger partial charge in [-0.25, -0.2) is 4.79 Å². The molecule has 0 aromatic carbocycles. The molecule has 0 aliphatic carbocycles. The first-order valence-corrected chi connectivity index (χ1v) is 3.12. The van der Waals surface area contributed by atoms with Gasteiger partial charge in [0, 0.05) is 0 Å². The zero-order valence-electron chi connectivity index (χ0n) is 5.26. The maximum Gasteiger partial charge on any atom is 0.330 e. The Labute approximate surface area is 62.5 Å². The fourth-order valence-electron chi connectivity index (χ4n) is 0.667. The Balaban J connectivity index is 2.47. The maximum atomic E-state index is 10.6. The Morgan fingerprint density at radius 1 is 1.80 bits per heavy atom. The van der Waals surface area contributed by atoms with Crippen LogP contribution >= 0.6 is 11.6 Å². The van der Waals surface area contributed by atoms with Crippen LogP contribution in [-0.2, 0) is 14.3 Å². The third-order valence-electron chi connectivity index (χ3n) is 1.30. The summed E-state index contributed by atoms with van der Waals surface area (Å²) in [5.41, 5.74) is 0. The second-order valence-electron chi connectivity index (χ2n) is 1.91. The summed E-state index contributed by atoms with van der Waals surface area (Å²) in [6.07, 6.45) is 0. The van der Waals surface area contributed by atoms with Crippen LogP contribution in [0.1, 0.15) is 0 Å². The van der Waals surface area contributed by atoms with Gasteiger partial charge in [-0.2, -0.15) is 0 Å². The van der Waals surface area contributed by atoms with Gasteiger partial charge >= 0.3 is 5.97 Å². The van der Waals surface area contributed by atoms with Gasteiger partial charge in [0.25, 0.3) is 0 Å². The normalized spacial score (nSPS) is 30.4. The highest BCUT2D eigenvalue weighted by atomic mass is 35.5. The smallest absolute Gasteiger partial charge is 0.330 e. The molecule has 0 aromatic rings. The van der Waals surface area contributed by atoms with Crippen LogP contribution < -0.4 is 5.32 Å². The largest absolute Gasteiger partial charge is 0.467 e. The quantitative estimate of drug-likeness (QED) is 0.315. The van der Waals surface area contributed by atoms with Crippen molar-refractivity contribution in [2.45, 2.75) is 11.4 Å². The number of amides is 1. The molecule has 0 radical (unpaired) electrons. The molecule has 0 bridgehead atoms. The summed E-state index contributed by atoms with van der Waals surface area (Å²) in [4.78, 5) is 21.0. The lowest BCUT2D eigenvalue weighted by Crippen LogP contribution is -2.63. The zero-order chi connectivity index (χ0) is 7.72. The minimum absolute atomic E-state index is 0.322. The van der Waals surface area contributed by atoms with E-state index in [1.54, 1.807) is 0 Å². The highest BCUT2D eigenvalue weighted by Gasteiger charge is 2.43. The van der Waals surface area contributed by atoms with E-state index in [0.29, 0.717) is 0 Å². The Morgan fingerprint density at radius 3 is 2.70 bits per heavy atom. The minimum Gasteiger partial charge on any atom is -0.467 e. The molecule has 5 heteroatoms. The predicted octanol–water partition coefficient (Wildman–Crippen LogP) is -0.735. The van der Waals surface area contributed by atoms with Crippen LogP contribution in [0.4, 0.5) is 0 Å². The summed E-state index contributed by atoms with van der Waals surface area (Å²) in [7, 11) is 1.25. The molecule has 1 fully saturated rings. The van der Waals surface area contributed by atoms with Crippen molar-refractivity contribution in [3.8, 4) is 0 Å². The molecule has 1 heterocycles. The van der Waals surface area contributed by atoms with Crippen molar-refractivity contribution in [2.24, 2.45) is 0 Å².